The summed E-state index contributed by atoms with van der Waals surface area (Å²) in [5.41, 5.74) is 1.14. The minimum atomic E-state index is -1.19. The smallest absolute Gasteiger partial charge is 0.125 e. The lowest BCUT2D eigenvalue weighted by molar-refractivity contribution is 0.177. The van der Waals surface area contributed by atoms with E-state index in [1.165, 1.54) is 5.56 Å². The van der Waals surface area contributed by atoms with Crippen molar-refractivity contribution in [2.45, 2.75) is 39.2 Å². The first kappa shape index (κ1) is 8.69. The zero-order valence-electron chi connectivity index (χ0n) is 7.97. The molecule has 72 valence electrons. The Morgan fingerprint density at radius 1 is 1.62 bits per heavy atom. The number of fused-ring (bicyclic) bond motifs is 1. The van der Waals surface area contributed by atoms with E-state index in [9.17, 15) is 4.39 Å². The van der Waals surface area contributed by atoms with E-state index in [0.29, 0.717) is 6.54 Å². The summed E-state index contributed by atoms with van der Waals surface area (Å²) in [6, 6.07) is 0. The molecule has 1 aliphatic rings. The Balaban J connectivity index is 2.22. The van der Waals surface area contributed by atoms with Crippen LogP contribution in [0.4, 0.5) is 4.39 Å². The van der Waals surface area contributed by atoms with Crippen LogP contribution in [-0.4, -0.2) is 15.4 Å². The zero-order valence-corrected chi connectivity index (χ0v) is 7.97. The minimum Gasteiger partial charge on any atom is -0.307 e. The van der Waals surface area contributed by atoms with Gasteiger partial charge in [-0.25, -0.2) is 4.39 Å². The quantitative estimate of drug-likeness (QED) is 0.747. The van der Waals surface area contributed by atoms with Gasteiger partial charge in [0.15, 0.2) is 0 Å². The van der Waals surface area contributed by atoms with Crippen molar-refractivity contribution in [1.29, 1.82) is 0 Å². The lowest BCUT2D eigenvalue weighted by atomic mass is 10.2. The predicted molar refractivity (Wildman–Crippen MR) is 48.0 cm³/mol. The van der Waals surface area contributed by atoms with E-state index in [2.05, 4.69) is 10.4 Å². The van der Waals surface area contributed by atoms with Gasteiger partial charge in [-0.05, 0) is 13.8 Å². The van der Waals surface area contributed by atoms with Crippen LogP contribution in [0.3, 0.4) is 0 Å². The van der Waals surface area contributed by atoms with E-state index in [1.807, 2.05) is 6.20 Å². The van der Waals surface area contributed by atoms with Gasteiger partial charge in [0, 0.05) is 18.7 Å². The van der Waals surface area contributed by atoms with Crippen LogP contribution in [0.25, 0.3) is 0 Å². The van der Waals surface area contributed by atoms with E-state index >= 15 is 0 Å². The fraction of sp³-hybridized carbons (Fsp3) is 0.667. The van der Waals surface area contributed by atoms with E-state index in [0.717, 1.165) is 18.8 Å². The van der Waals surface area contributed by atoms with Gasteiger partial charge in [-0.15, -0.1) is 0 Å². The second-order valence-corrected chi connectivity index (χ2v) is 4.10. The van der Waals surface area contributed by atoms with Gasteiger partial charge < -0.3 is 5.32 Å². The zero-order chi connectivity index (χ0) is 9.47. The van der Waals surface area contributed by atoms with Crippen molar-refractivity contribution in [2.24, 2.45) is 0 Å². The van der Waals surface area contributed by atoms with Gasteiger partial charge >= 0.3 is 0 Å². The number of halogens is 1. The standard InChI is InChI=1S/C9H14FN3/c1-9(2,10)6-13-8-5-11-3-7(8)4-12-13/h4,11H,3,5-6H2,1-2H3. The van der Waals surface area contributed by atoms with Crippen LogP contribution >= 0.6 is 0 Å². The van der Waals surface area contributed by atoms with Gasteiger partial charge in [-0.2, -0.15) is 5.10 Å². The van der Waals surface area contributed by atoms with Crippen molar-refractivity contribution < 1.29 is 4.39 Å². The highest BCUT2D eigenvalue weighted by Crippen LogP contribution is 2.18. The maximum atomic E-state index is 13.3. The summed E-state index contributed by atoms with van der Waals surface area (Å²) >= 11 is 0. The van der Waals surface area contributed by atoms with Crippen LogP contribution in [-0.2, 0) is 19.6 Å². The normalized spacial score (nSPS) is 16.2. The summed E-state index contributed by atoms with van der Waals surface area (Å²) in [5, 5.41) is 7.37. The van der Waals surface area contributed by atoms with Gasteiger partial charge in [0.05, 0.1) is 18.4 Å². The summed E-state index contributed by atoms with van der Waals surface area (Å²) < 4.78 is 15.1. The Morgan fingerprint density at radius 2 is 2.38 bits per heavy atom. The van der Waals surface area contributed by atoms with Crippen molar-refractivity contribution in [1.82, 2.24) is 15.1 Å². The van der Waals surface area contributed by atoms with Crippen molar-refractivity contribution in [3.8, 4) is 0 Å². The maximum Gasteiger partial charge on any atom is 0.125 e. The average Bonchev–Trinajstić information content (AvgIpc) is 2.50. The summed E-state index contributed by atoms with van der Waals surface area (Å²) in [6.45, 7) is 5.16. The fourth-order valence-electron chi connectivity index (χ4n) is 1.61. The van der Waals surface area contributed by atoms with Gasteiger partial charge in [0.2, 0.25) is 0 Å². The van der Waals surface area contributed by atoms with E-state index in [4.69, 9.17) is 0 Å². The second-order valence-electron chi connectivity index (χ2n) is 4.10. The molecular formula is C9H14FN3. The minimum absolute atomic E-state index is 0.337. The number of hydrogen-bond acceptors (Lipinski definition) is 2. The van der Waals surface area contributed by atoms with Crippen molar-refractivity contribution in [3.05, 3.63) is 17.5 Å². The van der Waals surface area contributed by atoms with Crippen LogP contribution < -0.4 is 5.32 Å². The van der Waals surface area contributed by atoms with Gasteiger partial charge in [0.1, 0.15) is 5.67 Å². The molecule has 2 rings (SSSR count). The number of rotatable bonds is 2. The third-order valence-electron chi connectivity index (χ3n) is 2.17. The lowest BCUT2D eigenvalue weighted by Gasteiger charge is -2.15. The largest absolute Gasteiger partial charge is 0.307 e. The highest BCUT2D eigenvalue weighted by Gasteiger charge is 2.22. The van der Waals surface area contributed by atoms with Crippen molar-refractivity contribution >= 4 is 0 Å². The molecule has 1 aromatic heterocycles. The first-order valence-corrected chi connectivity index (χ1v) is 4.49. The summed E-state index contributed by atoms with van der Waals surface area (Å²) in [6.07, 6.45) is 1.82. The Labute approximate surface area is 76.9 Å². The molecule has 3 nitrogen and oxygen atoms in total. The number of aromatic nitrogens is 2. The molecule has 0 radical (unpaired) electrons. The number of nitrogens with zero attached hydrogens (tertiary/aromatic N) is 2. The molecule has 4 heteroatoms. The van der Waals surface area contributed by atoms with Crippen LogP contribution in [0.5, 0.6) is 0 Å². The topological polar surface area (TPSA) is 29.9 Å². The molecule has 0 saturated heterocycles. The van der Waals surface area contributed by atoms with Crippen molar-refractivity contribution in [2.75, 3.05) is 0 Å². The Hall–Kier alpha value is -0.900. The number of alkyl halides is 1. The Bertz CT molecular complexity index is 311. The molecule has 13 heavy (non-hydrogen) atoms. The molecule has 0 fully saturated rings. The maximum absolute atomic E-state index is 13.3. The Morgan fingerprint density at radius 3 is 3.08 bits per heavy atom. The SMILES string of the molecule is CC(C)(F)Cn1ncc2c1CNC2. The second kappa shape index (κ2) is 2.80. The van der Waals surface area contributed by atoms with Crippen LogP contribution in [0.1, 0.15) is 25.1 Å². The number of hydrogen-bond donors (Lipinski definition) is 1. The lowest BCUT2D eigenvalue weighted by Crippen LogP contribution is -2.23. The van der Waals surface area contributed by atoms with E-state index in [-0.39, 0.29) is 0 Å². The van der Waals surface area contributed by atoms with Gasteiger partial charge in [-0.3, -0.25) is 4.68 Å². The molecule has 0 unspecified atom stereocenters. The molecule has 0 aromatic carbocycles. The molecule has 0 bridgehead atoms. The molecule has 0 saturated carbocycles. The van der Waals surface area contributed by atoms with Crippen LogP contribution in [0.15, 0.2) is 6.20 Å². The molecule has 0 amide bonds. The third-order valence-corrected chi connectivity index (χ3v) is 2.17. The average molecular weight is 183 g/mol. The molecule has 2 heterocycles. The number of nitrogens with one attached hydrogen (secondary N) is 1. The molecule has 1 aliphatic heterocycles. The molecule has 1 aromatic rings. The first-order valence-electron chi connectivity index (χ1n) is 4.49. The fourth-order valence-corrected chi connectivity index (χ4v) is 1.61. The molecule has 0 aliphatic carbocycles. The summed E-state index contributed by atoms with van der Waals surface area (Å²) in [5.74, 6) is 0. The Kier molecular flexibility index (Phi) is 1.87. The monoisotopic (exact) mass is 183 g/mol. The summed E-state index contributed by atoms with van der Waals surface area (Å²) in [7, 11) is 0. The predicted octanol–water partition coefficient (Wildman–Crippen LogP) is 1.23. The van der Waals surface area contributed by atoms with Crippen molar-refractivity contribution in [3.63, 3.8) is 0 Å². The molecule has 0 atom stereocenters. The van der Waals surface area contributed by atoms with Crippen LogP contribution in [0.2, 0.25) is 0 Å². The molecule has 0 spiro atoms. The molecule has 1 N–H and O–H groups in total. The summed E-state index contributed by atoms with van der Waals surface area (Å²) in [4.78, 5) is 0. The first-order chi connectivity index (χ1) is 6.06. The third kappa shape index (κ3) is 1.72. The van der Waals surface area contributed by atoms with Crippen LogP contribution in [0, 0.1) is 0 Å². The molecular weight excluding hydrogens is 169 g/mol. The highest BCUT2D eigenvalue weighted by molar-refractivity contribution is 5.21. The van der Waals surface area contributed by atoms with Gasteiger partial charge in [0.25, 0.3) is 0 Å². The van der Waals surface area contributed by atoms with E-state index < -0.39 is 5.67 Å². The van der Waals surface area contributed by atoms with E-state index in [1.54, 1.807) is 18.5 Å². The van der Waals surface area contributed by atoms with Gasteiger partial charge in [-0.1, -0.05) is 0 Å². The highest BCUT2D eigenvalue weighted by atomic mass is 19.1.